The van der Waals surface area contributed by atoms with Crippen LogP contribution < -0.4 is 0 Å². The minimum atomic E-state index is -0.775. The molecule has 0 aliphatic rings. The molecule has 0 radical (unpaired) electrons. The molecule has 0 heterocycles. The van der Waals surface area contributed by atoms with Crippen LogP contribution >= 0.6 is 0 Å². The Kier molecular flexibility index (Phi) is 55.3. The number of rotatable bonds is 53. The van der Waals surface area contributed by atoms with Gasteiger partial charge in [-0.3, -0.25) is 14.4 Å². The summed E-state index contributed by atoms with van der Waals surface area (Å²) in [6, 6.07) is 0. The molecule has 0 aromatic rings. The number of ether oxygens (including phenoxy) is 3. The summed E-state index contributed by atoms with van der Waals surface area (Å²) in [5.74, 6) is -0.886. The first-order valence-electron chi connectivity index (χ1n) is 29.6. The van der Waals surface area contributed by atoms with E-state index in [1.54, 1.807) is 0 Å². The molecule has 0 fully saturated rings. The van der Waals surface area contributed by atoms with E-state index < -0.39 is 6.10 Å². The Morgan fingerprint density at radius 3 is 0.943 bits per heavy atom. The van der Waals surface area contributed by atoms with Crippen molar-refractivity contribution in [1.29, 1.82) is 0 Å². The van der Waals surface area contributed by atoms with Crippen LogP contribution in [0.25, 0.3) is 0 Å². The molecule has 0 aliphatic carbocycles. The molecular weight excluding hydrogens is 865 g/mol. The third kappa shape index (κ3) is 55.5. The maximum Gasteiger partial charge on any atom is 0.306 e. The van der Waals surface area contributed by atoms with E-state index in [1.807, 2.05) is 0 Å². The number of carbonyl (C=O) groups is 3. The van der Waals surface area contributed by atoms with Crippen LogP contribution in [0.3, 0.4) is 0 Å². The molecule has 0 N–H and O–H groups in total. The SMILES string of the molecule is CC/C=C\C/C=C\C/C=C\C/C=C\C/C=C\C/C=C\CCCCCCCCCCCCCCCCC(=O)OCC(COC(=O)CCCCCCCCCCC)OC(=O)CCCCCCC/C=C\CCC. The van der Waals surface area contributed by atoms with E-state index in [4.69, 9.17) is 14.2 Å². The van der Waals surface area contributed by atoms with E-state index in [2.05, 4.69) is 106 Å². The molecule has 0 saturated carbocycles. The fourth-order valence-electron chi connectivity index (χ4n) is 8.21. The van der Waals surface area contributed by atoms with Gasteiger partial charge in [-0.2, -0.15) is 0 Å². The van der Waals surface area contributed by atoms with Crippen molar-refractivity contribution in [1.82, 2.24) is 0 Å². The first-order chi connectivity index (χ1) is 34.5. The van der Waals surface area contributed by atoms with Crippen LogP contribution in [0.4, 0.5) is 0 Å². The number of allylic oxidation sites excluding steroid dienone is 14. The number of carbonyl (C=O) groups excluding carboxylic acids is 3. The summed E-state index contributed by atoms with van der Waals surface area (Å²) in [6.45, 7) is 6.44. The van der Waals surface area contributed by atoms with E-state index >= 15 is 0 Å². The average Bonchev–Trinajstić information content (AvgIpc) is 3.36. The molecule has 0 aliphatic heterocycles. The Morgan fingerprint density at radius 2 is 0.586 bits per heavy atom. The van der Waals surface area contributed by atoms with Gasteiger partial charge < -0.3 is 14.2 Å². The van der Waals surface area contributed by atoms with Crippen molar-refractivity contribution < 1.29 is 28.6 Å². The monoisotopic (exact) mass is 975 g/mol. The maximum absolute atomic E-state index is 12.7. The maximum atomic E-state index is 12.7. The summed E-state index contributed by atoms with van der Waals surface area (Å²) in [5.41, 5.74) is 0. The van der Waals surface area contributed by atoms with Crippen molar-refractivity contribution in [2.24, 2.45) is 0 Å². The molecule has 0 amide bonds. The number of hydrogen-bond donors (Lipinski definition) is 0. The van der Waals surface area contributed by atoms with Gasteiger partial charge in [0.2, 0.25) is 0 Å². The molecule has 0 spiro atoms. The Balaban J connectivity index is 4.02. The van der Waals surface area contributed by atoms with Crippen LogP contribution in [0.5, 0.6) is 0 Å². The Labute approximate surface area is 433 Å². The highest BCUT2D eigenvalue weighted by Crippen LogP contribution is 2.16. The van der Waals surface area contributed by atoms with E-state index in [9.17, 15) is 14.4 Å². The van der Waals surface area contributed by atoms with Gasteiger partial charge >= 0.3 is 17.9 Å². The summed E-state index contributed by atoms with van der Waals surface area (Å²) in [6.07, 6.45) is 76.1. The molecule has 0 aromatic carbocycles. The Bertz CT molecular complexity index is 1350. The smallest absolute Gasteiger partial charge is 0.306 e. The largest absolute Gasteiger partial charge is 0.462 e. The number of esters is 3. The Hall–Kier alpha value is -3.41. The standard InChI is InChI=1S/C64H110O6/c1-4-7-10-13-16-19-21-22-23-24-25-26-27-28-29-30-31-32-33-34-35-36-37-38-39-40-41-42-43-46-48-51-54-57-63(66)69-60-61(59-68-62(65)56-53-50-47-44-18-15-12-9-6-3)70-64(67)58-55-52-49-45-20-17-14-11-8-5-2/h7,10-11,14,16,19,22-23,25-26,28-29,31-32,61H,4-6,8-9,12-13,15,17-18,20-21,24,27,30,33-60H2,1-3H3/b10-7-,14-11-,19-16-,23-22-,26-25-,29-28-,32-31-. The van der Waals surface area contributed by atoms with Crippen LogP contribution in [0.2, 0.25) is 0 Å². The van der Waals surface area contributed by atoms with Crippen LogP contribution in [0, 0.1) is 0 Å². The highest BCUT2D eigenvalue weighted by Gasteiger charge is 2.19. The molecule has 1 atom stereocenters. The third-order valence-corrected chi connectivity index (χ3v) is 12.6. The molecular formula is C64H110O6. The fraction of sp³-hybridized carbons (Fsp3) is 0.734. The van der Waals surface area contributed by atoms with Gasteiger partial charge in [-0.25, -0.2) is 0 Å². The zero-order valence-electron chi connectivity index (χ0n) is 46.0. The van der Waals surface area contributed by atoms with Crippen LogP contribution in [-0.2, 0) is 28.6 Å². The van der Waals surface area contributed by atoms with Gasteiger partial charge in [-0.15, -0.1) is 0 Å². The van der Waals surface area contributed by atoms with Crippen LogP contribution in [-0.4, -0.2) is 37.2 Å². The second-order valence-electron chi connectivity index (χ2n) is 19.5. The normalized spacial score (nSPS) is 12.7. The predicted molar refractivity (Wildman–Crippen MR) is 302 cm³/mol. The molecule has 1 unspecified atom stereocenters. The first-order valence-corrected chi connectivity index (χ1v) is 29.6. The molecule has 0 saturated heterocycles. The van der Waals surface area contributed by atoms with Crippen molar-refractivity contribution in [2.45, 2.75) is 290 Å². The highest BCUT2D eigenvalue weighted by atomic mass is 16.6. The van der Waals surface area contributed by atoms with Gasteiger partial charge in [0.05, 0.1) is 0 Å². The fourth-order valence-corrected chi connectivity index (χ4v) is 8.21. The summed E-state index contributed by atoms with van der Waals surface area (Å²) in [7, 11) is 0. The molecule has 70 heavy (non-hydrogen) atoms. The van der Waals surface area contributed by atoms with Gasteiger partial charge in [0, 0.05) is 19.3 Å². The summed E-state index contributed by atoms with van der Waals surface area (Å²) in [5, 5.41) is 0. The van der Waals surface area contributed by atoms with Gasteiger partial charge in [0.15, 0.2) is 6.10 Å². The second kappa shape index (κ2) is 58.2. The minimum absolute atomic E-state index is 0.0762. The van der Waals surface area contributed by atoms with Crippen molar-refractivity contribution >= 4 is 17.9 Å². The number of hydrogen-bond acceptors (Lipinski definition) is 6. The van der Waals surface area contributed by atoms with Gasteiger partial charge in [-0.05, 0) is 89.9 Å². The van der Waals surface area contributed by atoms with Gasteiger partial charge in [0.1, 0.15) is 13.2 Å². The minimum Gasteiger partial charge on any atom is -0.462 e. The van der Waals surface area contributed by atoms with Gasteiger partial charge in [-0.1, -0.05) is 260 Å². The zero-order valence-corrected chi connectivity index (χ0v) is 46.0. The lowest BCUT2D eigenvalue weighted by molar-refractivity contribution is -0.167. The molecule has 0 bridgehead atoms. The lowest BCUT2D eigenvalue weighted by Gasteiger charge is -2.18. The topological polar surface area (TPSA) is 78.9 Å². The first kappa shape index (κ1) is 66.6. The van der Waals surface area contributed by atoms with E-state index in [0.29, 0.717) is 19.3 Å². The third-order valence-electron chi connectivity index (χ3n) is 12.6. The predicted octanol–water partition coefficient (Wildman–Crippen LogP) is 19.9. The summed E-state index contributed by atoms with van der Waals surface area (Å²) < 4.78 is 16.8. The molecule has 6 nitrogen and oxygen atoms in total. The lowest BCUT2D eigenvalue weighted by atomic mass is 10.0. The van der Waals surface area contributed by atoms with Crippen molar-refractivity contribution in [3.63, 3.8) is 0 Å². The van der Waals surface area contributed by atoms with Gasteiger partial charge in [0.25, 0.3) is 0 Å². The van der Waals surface area contributed by atoms with Crippen molar-refractivity contribution in [3.05, 3.63) is 85.1 Å². The van der Waals surface area contributed by atoms with E-state index in [0.717, 1.165) is 116 Å². The van der Waals surface area contributed by atoms with E-state index in [-0.39, 0.29) is 31.1 Å². The van der Waals surface area contributed by atoms with Crippen LogP contribution in [0.15, 0.2) is 85.1 Å². The highest BCUT2D eigenvalue weighted by molar-refractivity contribution is 5.71. The quantitative estimate of drug-likeness (QED) is 0.0261. The van der Waals surface area contributed by atoms with Crippen molar-refractivity contribution in [2.75, 3.05) is 13.2 Å². The summed E-state index contributed by atoms with van der Waals surface area (Å²) in [4.78, 5) is 37.9. The molecule has 0 aromatic heterocycles. The number of unbranched alkanes of at least 4 members (excludes halogenated alkanes) is 28. The zero-order chi connectivity index (χ0) is 50.7. The second-order valence-corrected chi connectivity index (χ2v) is 19.5. The molecule has 6 heteroatoms. The Morgan fingerprint density at radius 1 is 0.300 bits per heavy atom. The van der Waals surface area contributed by atoms with E-state index in [1.165, 1.54) is 128 Å². The molecule has 0 rings (SSSR count). The van der Waals surface area contributed by atoms with Crippen LogP contribution in [0.1, 0.15) is 284 Å². The average molecular weight is 976 g/mol. The lowest BCUT2D eigenvalue weighted by Crippen LogP contribution is -2.30. The van der Waals surface area contributed by atoms with Crippen molar-refractivity contribution in [3.8, 4) is 0 Å². The summed E-state index contributed by atoms with van der Waals surface area (Å²) >= 11 is 0. The molecule has 402 valence electrons.